The quantitative estimate of drug-likeness (QED) is 0.776. The molecule has 0 heterocycles. The van der Waals surface area contributed by atoms with Crippen LogP contribution in [0.1, 0.15) is 18.4 Å². The standard InChI is InChI=1S/C9H10Cl2O2S/c1-7(6-14(11,12)13)8-4-2-3-5-9(8)10/h2-5,7H,6H2,1H3. The monoisotopic (exact) mass is 252 g/mol. The molecule has 1 atom stereocenters. The van der Waals surface area contributed by atoms with Crippen molar-refractivity contribution in [3.63, 3.8) is 0 Å². The zero-order chi connectivity index (χ0) is 10.8. The van der Waals surface area contributed by atoms with Crippen molar-refractivity contribution in [1.29, 1.82) is 0 Å². The molecule has 0 saturated carbocycles. The third kappa shape index (κ3) is 3.48. The summed E-state index contributed by atoms with van der Waals surface area (Å²) in [5.41, 5.74) is 0.804. The summed E-state index contributed by atoms with van der Waals surface area (Å²) in [6.45, 7) is 1.78. The van der Waals surface area contributed by atoms with Crippen molar-refractivity contribution < 1.29 is 8.42 Å². The van der Waals surface area contributed by atoms with E-state index in [-0.39, 0.29) is 11.7 Å². The highest BCUT2D eigenvalue weighted by Crippen LogP contribution is 2.25. The summed E-state index contributed by atoms with van der Waals surface area (Å²) >= 11 is 5.91. The molecule has 2 nitrogen and oxygen atoms in total. The summed E-state index contributed by atoms with van der Waals surface area (Å²) in [6, 6.07) is 7.15. The van der Waals surface area contributed by atoms with E-state index in [1.165, 1.54) is 0 Å². The van der Waals surface area contributed by atoms with Gasteiger partial charge in [-0.25, -0.2) is 8.42 Å². The summed E-state index contributed by atoms with van der Waals surface area (Å²) in [6.07, 6.45) is 0. The largest absolute Gasteiger partial charge is 0.233 e. The van der Waals surface area contributed by atoms with E-state index in [0.29, 0.717) is 5.02 Å². The normalized spacial score (nSPS) is 13.9. The maximum absolute atomic E-state index is 10.8. The number of benzene rings is 1. The van der Waals surface area contributed by atoms with Crippen LogP contribution < -0.4 is 0 Å². The number of hydrogen-bond donors (Lipinski definition) is 0. The molecule has 0 saturated heterocycles. The molecule has 0 aliphatic carbocycles. The van der Waals surface area contributed by atoms with E-state index in [9.17, 15) is 8.42 Å². The number of hydrogen-bond acceptors (Lipinski definition) is 2. The van der Waals surface area contributed by atoms with E-state index in [2.05, 4.69) is 0 Å². The fourth-order valence-electron chi connectivity index (χ4n) is 1.26. The van der Waals surface area contributed by atoms with Gasteiger partial charge >= 0.3 is 0 Å². The van der Waals surface area contributed by atoms with Gasteiger partial charge in [-0.15, -0.1) is 0 Å². The lowest BCUT2D eigenvalue weighted by molar-refractivity contribution is 0.604. The summed E-state index contributed by atoms with van der Waals surface area (Å²) in [7, 11) is 1.68. The third-order valence-electron chi connectivity index (χ3n) is 1.89. The highest BCUT2D eigenvalue weighted by Gasteiger charge is 2.16. The molecular formula is C9H10Cl2O2S. The van der Waals surface area contributed by atoms with Gasteiger partial charge in [-0.2, -0.15) is 0 Å². The topological polar surface area (TPSA) is 34.1 Å². The first kappa shape index (κ1) is 11.8. The molecule has 1 rings (SSSR count). The first-order valence-corrected chi connectivity index (χ1v) is 6.92. The third-order valence-corrected chi connectivity index (χ3v) is 3.51. The average Bonchev–Trinajstić information content (AvgIpc) is 2.01. The lowest BCUT2D eigenvalue weighted by Gasteiger charge is -2.10. The molecule has 0 aromatic heterocycles. The van der Waals surface area contributed by atoms with Gasteiger partial charge in [-0.3, -0.25) is 0 Å². The minimum absolute atomic E-state index is 0.0989. The van der Waals surface area contributed by atoms with Crippen LogP contribution in [0.25, 0.3) is 0 Å². The predicted octanol–water partition coefficient (Wildman–Crippen LogP) is 3.01. The van der Waals surface area contributed by atoms with Gasteiger partial charge in [-0.1, -0.05) is 36.7 Å². The molecule has 0 amide bonds. The molecule has 0 radical (unpaired) electrons. The second kappa shape index (κ2) is 4.51. The van der Waals surface area contributed by atoms with Crippen molar-refractivity contribution in [2.24, 2.45) is 0 Å². The Hall–Kier alpha value is -0.250. The number of rotatable bonds is 3. The van der Waals surface area contributed by atoms with Gasteiger partial charge in [0.1, 0.15) is 0 Å². The Balaban J connectivity index is 2.90. The van der Waals surface area contributed by atoms with Crippen LogP contribution in [0.5, 0.6) is 0 Å². The molecule has 78 valence electrons. The van der Waals surface area contributed by atoms with Crippen LogP contribution in [-0.2, 0) is 9.05 Å². The van der Waals surface area contributed by atoms with E-state index in [1.54, 1.807) is 25.1 Å². The Morgan fingerprint density at radius 1 is 1.36 bits per heavy atom. The van der Waals surface area contributed by atoms with Gasteiger partial charge in [0.2, 0.25) is 9.05 Å². The Morgan fingerprint density at radius 3 is 2.43 bits per heavy atom. The van der Waals surface area contributed by atoms with Crippen molar-refractivity contribution in [2.75, 3.05) is 5.75 Å². The van der Waals surface area contributed by atoms with Crippen molar-refractivity contribution in [1.82, 2.24) is 0 Å². The van der Waals surface area contributed by atoms with Crippen LogP contribution in [0.2, 0.25) is 5.02 Å². The van der Waals surface area contributed by atoms with E-state index >= 15 is 0 Å². The summed E-state index contributed by atoms with van der Waals surface area (Å²) in [5, 5.41) is 0.570. The molecule has 1 aromatic rings. The van der Waals surface area contributed by atoms with E-state index in [4.69, 9.17) is 22.3 Å². The van der Waals surface area contributed by atoms with Crippen LogP contribution >= 0.6 is 22.3 Å². The van der Waals surface area contributed by atoms with Crippen LogP contribution in [0.3, 0.4) is 0 Å². The first-order chi connectivity index (χ1) is 6.40. The second-order valence-corrected chi connectivity index (χ2v) is 6.36. The maximum Gasteiger partial charge on any atom is 0.233 e. The highest BCUT2D eigenvalue weighted by atomic mass is 35.7. The van der Waals surface area contributed by atoms with Crippen molar-refractivity contribution in [3.8, 4) is 0 Å². The summed E-state index contributed by atoms with van der Waals surface area (Å²) in [4.78, 5) is 0. The first-order valence-electron chi connectivity index (χ1n) is 4.07. The van der Waals surface area contributed by atoms with E-state index in [0.717, 1.165) is 5.56 Å². The molecule has 0 fully saturated rings. The Bertz CT molecular complexity index is 415. The minimum Gasteiger partial charge on any atom is -0.212 e. The smallest absolute Gasteiger partial charge is 0.212 e. The van der Waals surface area contributed by atoms with Crippen molar-refractivity contribution >= 4 is 31.3 Å². The fourth-order valence-corrected chi connectivity index (χ4v) is 2.93. The van der Waals surface area contributed by atoms with Gasteiger partial charge in [0, 0.05) is 15.7 Å². The van der Waals surface area contributed by atoms with Crippen LogP contribution in [0, 0.1) is 0 Å². The summed E-state index contributed by atoms with van der Waals surface area (Å²) < 4.78 is 21.7. The van der Waals surface area contributed by atoms with Gasteiger partial charge < -0.3 is 0 Å². The van der Waals surface area contributed by atoms with Crippen LogP contribution in [-0.4, -0.2) is 14.2 Å². The molecule has 1 unspecified atom stereocenters. The fraction of sp³-hybridized carbons (Fsp3) is 0.333. The number of halogens is 2. The SMILES string of the molecule is CC(CS(=O)(=O)Cl)c1ccccc1Cl. The highest BCUT2D eigenvalue weighted by molar-refractivity contribution is 8.13. The Morgan fingerprint density at radius 2 is 1.93 bits per heavy atom. The minimum atomic E-state index is -3.47. The zero-order valence-corrected chi connectivity index (χ0v) is 9.90. The van der Waals surface area contributed by atoms with Crippen LogP contribution in [0.4, 0.5) is 0 Å². The van der Waals surface area contributed by atoms with Gasteiger partial charge in [0.05, 0.1) is 5.75 Å². The molecule has 14 heavy (non-hydrogen) atoms. The summed E-state index contributed by atoms with van der Waals surface area (Å²) in [5.74, 6) is -0.288. The van der Waals surface area contributed by atoms with Crippen molar-refractivity contribution in [3.05, 3.63) is 34.9 Å². The van der Waals surface area contributed by atoms with Crippen LogP contribution in [0.15, 0.2) is 24.3 Å². The molecule has 0 bridgehead atoms. The lowest BCUT2D eigenvalue weighted by Crippen LogP contribution is -2.07. The van der Waals surface area contributed by atoms with E-state index in [1.807, 2.05) is 6.07 Å². The molecular weight excluding hydrogens is 243 g/mol. The molecule has 0 spiro atoms. The zero-order valence-electron chi connectivity index (χ0n) is 7.57. The molecule has 0 aliphatic heterocycles. The average molecular weight is 253 g/mol. The molecule has 0 N–H and O–H groups in total. The molecule has 5 heteroatoms. The maximum atomic E-state index is 10.8. The lowest BCUT2D eigenvalue weighted by atomic mass is 10.0. The van der Waals surface area contributed by atoms with Crippen molar-refractivity contribution in [2.45, 2.75) is 12.8 Å². The predicted molar refractivity (Wildman–Crippen MR) is 59.5 cm³/mol. The molecule has 0 aliphatic rings. The van der Waals surface area contributed by atoms with Gasteiger partial charge in [0.25, 0.3) is 0 Å². The Kier molecular flexibility index (Phi) is 3.81. The van der Waals surface area contributed by atoms with E-state index < -0.39 is 9.05 Å². The van der Waals surface area contributed by atoms with Gasteiger partial charge in [0.15, 0.2) is 0 Å². The molecule has 1 aromatic carbocycles. The van der Waals surface area contributed by atoms with Gasteiger partial charge in [-0.05, 0) is 17.5 Å². The second-order valence-electron chi connectivity index (χ2n) is 3.13. The Labute approximate surface area is 93.3 Å².